The van der Waals surface area contributed by atoms with Crippen LogP contribution in [0.15, 0.2) is 0 Å². The van der Waals surface area contributed by atoms with Crippen molar-refractivity contribution in [2.24, 2.45) is 11.7 Å². The van der Waals surface area contributed by atoms with Crippen LogP contribution in [0, 0.1) is 5.92 Å². The van der Waals surface area contributed by atoms with E-state index in [1.807, 2.05) is 0 Å². The number of ether oxygens (including phenoxy) is 1. The van der Waals surface area contributed by atoms with Crippen molar-refractivity contribution in [1.82, 2.24) is 0 Å². The zero-order valence-corrected chi connectivity index (χ0v) is 12.7. The van der Waals surface area contributed by atoms with E-state index in [9.17, 15) is 13.2 Å². The molecule has 0 radical (unpaired) electrons. The first kappa shape index (κ1) is 16.4. The summed E-state index contributed by atoms with van der Waals surface area (Å²) in [6, 6.07) is 0. The molecule has 0 saturated heterocycles. The van der Waals surface area contributed by atoms with Crippen LogP contribution < -0.4 is 5.73 Å². The van der Waals surface area contributed by atoms with E-state index in [2.05, 4.69) is 0 Å². The van der Waals surface area contributed by atoms with Gasteiger partial charge < -0.3 is 4.74 Å². The van der Waals surface area contributed by atoms with Crippen LogP contribution in [0.4, 0.5) is 0 Å². The van der Waals surface area contributed by atoms with Gasteiger partial charge in [-0.15, -0.1) is 0 Å². The predicted molar refractivity (Wildman–Crippen MR) is 70.6 cm³/mol. The highest BCUT2D eigenvalue weighted by atomic mass is 32.2. The molecule has 6 nitrogen and oxygen atoms in total. The molecule has 2 unspecified atom stereocenters. The lowest BCUT2D eigenvalue weighted by molar-refractivity contribution is -0.163. The molecular weight excluding hydrogens is 270 g/mol. The van der Waals surface area contributed by atoms with Crippen molar-refractivity contribution in [2.45, 2.75) is 64.0 Å². The molecule has 0 bridgehead atoms. The molecule has 1 saturated carbocycles. The molecule has 0 aromatic carbocycles. The van der Waals surface area contributed by atoms with Gasteiger partial charge in [0, 0.05) is 0 Å². The van der Waals surface area contributed by atoms with Gasteiger partial charge in [-0.2, -0.15) is 8.42 Å². The third kappa shape index (κ3) is 4.74. The van der Waals surface area contributed by atoms with E-state index in [1.165, 1.54) is 0 Å². The van der Waals surface area contributed by atoms with Crippen molar-refractivity contribution < 1.29 is 22.1 Å². The Hall–Kier alpha value is -0.660. The summed E-state index contributed by atoms with van der Waals surface area (Å²) in [5.74, 6) is -0.785. The molecular formula is C12H23NO5S. The van der Waals surface area contributed by atoms with Crippen molar-refractivity contribution in [2.75, 3.05) is 0 Å². The van der Waals surface area contributed by atoms with Crippen LogP contribution in [0.3, 0.4) is 0 Å². The quantitative estimate of drug-likeness (QED) is 0.464. The number of esters is 1. The number of carbonyl (C=O) groups excluding carboxylic acids is 1. The second kappa shape index (κ2) is 5.76. The molecule has 0 aromatic rings. The molecule has 0 aromatic heterocycles. The average molecular weight is 293 g/mol. The summed E-state index contributed by atoms with van der Waals surface area (Å²) in [6.45, 7) is 6.59. The van der Waals surface area contributed by atoms with Crippen LogP contribution in [0.5, 0.6) is 0 Å². The number of hydrogen-bond acceptors (Lipinski definition) is 6. The molecule has 2 N–H and O–H groups in total. The first-order chi connectivity index (χ1) is 8.53. The Labute approximate surface area is 114 Å². The van der Waals surface area contributed by atoms with Crippen molar-refractivity contribution in [1.29, 1.82) is 0 Å². The molecule has 0 aliphatic heterocycles. The highest BCUT2D eigenvalue weighted by Gasteiger charge is 2.37. The van der Waals surface area contributed by atoms with E-state index in [1.54, 1.807) is 27.7 Å². The van der Waals surface area contributed by atoms with Gasteiger partial charge in [0.2, 0.25) is 6.23 Å². The minimum absolute atomic E-state index is 0.0934. The van der Waals surface area contributed by atoms with Crippen molar-refractivity contribution in [3.05, 3.63) is 0 Å². The summed E-state index contributed by atoms with van der Waals surface area (Å²) in [5.41, 5.74) is 4.70. The molecule has 2 atom stereocenters. The average Bonchev–Trinajstić information content (AvgIpc) is 2.11. The fraction of sp³-hybridized carbons (Fsp3) is 0.917. The van der Waals surface area contributed by atoms with Gasteiger partial charge in [0.25, 0.3) is 10.1 Å². The standard InChI is InChI=1S/C12H23NO5S/c1-8(9-6-5-7-9)19(15,16)18-10(13)11(14)17-12(2,3)4/h8-10H,5-7,13H2,1-4H3. The summed E-state index contributed by atoms with van der Waals surface area (Å²) in [5, 5.41) is -0.644. The Kier molecular flexibility index (Phi) is 4.97. The molecule has 0 heterocycles. The van der Waals surface area contributed by atoms with Gasteiger partial charge in [-0.25, -0.2) is 8.98 Å². The largest absolute Gasteiger partial charge is 0.457 e. The monoisotopic (exact) mass is 293 g/mol. The van der Waals surface area contributed by atoms with Crippen LogP contribution in [0.25, 0.3) is 0 Å². The maximum absolute atomic E-state index is 11.9. The van der Waals surface area contributed by atoms with Crippen LogP contribution in [-0.4, -0.2) is 31.5 Å². The minimum Gasteiger partial charge on any atom is -0.457 e. The zero-order chi connectivity index (χ0) is 14.8. The van der Waals surface area contributed by atoms with Crippen molar-refractivity contribution in [3.63, 3.8) is 0 Å². The Morgan fingerprint density at radius 3 is 2.21 bits per heavy atom. The lowest BCUT2D eigenvalue weighted by atomic mass is 9.83. The van der Waals surface area contributed by atoms with E-state index in [-0.39, 0.29) is 5.92 Å². The highest BCUT2D eigenvalue weighted by molar-refractivity contribution is 7.87. The molecule has 1 fully saturated rings. The van der Waals surface area contributed by atoms with Crippen molar-refractivity contribution >= 4 is 16.1 Å². The topological polar surface area (TPSA) is 95.7 Å². The molecule has 1 aliphatic rings. The molecule has 7 heteroatoms. The van der Waals surface area contributed by atoms with Gasteiger partial charge in [0.15, 0.2) is 0 Å². The van der Waals surface area contributed by atoms with E-state index in [4.69, 9.17) is 14.7 Å². The zero-order valence-electron chi connectivity index (χ0n) is 11.9. The van der Waals surface area contributed by atoms with Gasteiger partial charge in [-0.05, 0) is 46.5 Å². The third-order valence-corrected chi connectivity index (χ3v) is 4.92. The lowest BCUT2D eigenvalue weighted by Crippen LogP contribution is -2.43. The Morgan fingerprint density at radius 2 is 1.84 bits per heavy atom. The Bertz CT molecular complexity index is 422. The first-order valence-electron chi connectivity index (χ1n) is 6.43. The summed E-state index contributed by atoms with van der Waals surface area (Å²) in [6.07, 6.45) is 1.16. The summed E-state index contributed by atoms with van der Waals surface area (Å²) in [4.78, 5) is 11.6. The fourth-order valence-corrected chi connectivity index (χ4v) is 3.06. The van der Waals surface area contributed by atoms with Gasteiger partial charge in [-0.3, -0.25) is 5.73 Å². The van der Waals surface area contributed by atoms with Gasteiger partial charge in [0.05, 0.1) is 5.25 Å². The predicted octanol–water partition coefficient (Wildman–Crippen LogP) is 1.15. The van der Waals surface area contributed by atoms with E-state index in [0.29, 0.717) is 0 Å². The Balaban J connectivity index is 2.59. The first-order valence-corrected chi connectivity index (χ1v) is 7.90. The molecule has 0 amide bonds. The van der Waals surface area contributed by atoms with Gasteiger partial charge >= 0.3 is 5.97 Å². The third-order valence-electron chi connectivity index (χ3n) is 3.15. The number of rotatable bonds is 5. The van der Waals surface area contributed by atoms with Crippen LogP contribution in [0.2, 0.25) is 0 Å². The van der Waals surface area contributed by atoms with Crippen LogP contribution in [-0.2, 0) is 23.8 Å². The number of nitrogens with two attached hydrogens (primary N) is 1. The van der Waals surface area contributed by atoms with Crippen LogP contribution >= 0.6 is 0 Å². The van der Waals surface area contributed by atoms with E-state index >= 15 is 0 Å². The molecule has 1 rings (SSSR count). The summed E-state index contributed by atoms with van der Waals surface area (Å²) < 4.78 is 33.6. The molecule has 112 valence electrons. The normalized spacial score (nSPS) is 20.5. The smallest absolute Gasteiger partial charge is 0.352 e. The molecule has 1 aliphatic carbocycles. The van der Waals surface area contributed by atoms with Crippen molar-refractivity contribution in [3.8, 4) is 0 Å². The summed E-state index contributed by atoms with van der Waals surface area (Å²) in [7, 11) is -3.85. The maximum Gasteiger partial charge on any atom is 0.352 e. The van der Waals surface area contributed by atoms with E-state index in [0.717, 1.165) is 19.3 Å². The second-order valence-corrected chi connectivity index (χ2v) is 7.86. The minimum atomic E-state index is -3.85. The van der Waals surface area contributed by atoms with Gasteiger partial charge in [0.1, 0.15) is 5.60 Å². The lowest BCUT2D eigenvalue weighted by Gasteiger charge is -2.31. The SMILES string of the molecule is CC(C1CCC1)S(=O)(=O)OC(N)C(=O)OC(C)(C)C. The number of hydrogen-bond donors (Lipinski definition) is 1. The summed E-state index contributed by atoms with van der Waals surface area (Å²) >= 11 is 0. The molecule has 0 spiro atoms. The molecule has 19 heavy (non-hydrogen) atoms. The van der Waals surface area contributed by atoms with Crippen LogP contribution in [0.1, 0.15) is 47.0 Å². The van der Waals surface area contributed by atoms with E-state index < -0.39 is 33.2 Å². The van der Waals surface area contributed by atoms with Gasteiger partial charge in [-0.1, -0.05) is 6.42 Å². The fourth-order valence-electron chi connectivity index (χ4n) is 1.78. The number of carbonyl (C=O) groups is 1. The Morgan fingerprint density at radius 1 is 1.32 bits per heavy atom. The maximum atomic E-state index is 11.9. The highest BCUT2D eigenvalue weighted by Crippen LogP contribution is 2.33. The second-order valence-electron chi connectivity index (χ2n) is 5.94.